The van der Waals surface area contributed by atoms with Crippen molar-refractivity contribution in [3.63, 3.8) is 0 Å². The molecule has 0 spiro atoms. The summed E-state index contributed by atoms with van der Waals surface area (Å²) in [5, 5.41) is 3.32. The average molecular weight is 267 g/mol. The first-order valence-electron chi connectivity index (χ1n) is 6.75. The summed E-state index contributed by atoms with van der Waals surface area (Å²) in [6.07, 6.45) is 2.55. The highest BCUT2D eigenvalue weighted by atomic mass is 16.1. The van der Waals surface area contributed by atoms with Crippen molar-refractivity contribution in [1.29, 1.82) is 0 Å². The van der Waals surface area contributed by atoms with E-state index >= 15 is 0 Å². The van der Waals surface area contributed by atoms with Gasteiger partial charge < -0.3 is 11.1 Å². The van der Waals surface area contributed by atoms with Crippen LogP contribution < -0.4 is 11.1 Å². The van der Waals surface area contributed by atoms with Gasteiger partial charge in [0.05, 0.1) is 5.56 Å². The summed E-state index contributed by atoms with van der Waals surface area (Å²) in [6.45, 7) is 3.63. The Balaban J connectivity index is 2.09. The van der Waals surface area contributed by atoms with Gasteiger partial charge in [-0.3, -0.25) is 4.79 Å². The fourth-order valence-electron chi connectivity index (χ4n) is 2.65. The normalized spacial score (nSPS) is 13.8. The second kappa shape index (κ2) is 5.06. The standard InChI is InChI=1S/C16H17N3O/c1-10-7-14(16(17)19-8-10)15(20)13-4-2-3-11-9-18-6-5-12(11)13/h2-4,7-8,18H,5-6,9H2,1H3,(H2,17,19). The number of carbonyl (C=O) groups excluding carboxylic acids is 1. The number of carbonyl (C=O) groups is 1. The van der Waals surface area contributed by atoms with Crippen LogP contribution in [0.2, 0.25) is 0 Å². The summed E-state index contributed by atoms with van der Waals surface area (Å²) in [5.74, 6) is 0.268. The highest BCUT2D eigenvalue weighted by Crippen LogP contribution is 2.23. The highest BCUT2D eigenvalue weighted by Gasteiger charge is 2.20. The van der Waals surface area contributed by atoms with E-state index in [1.54, 1.807) is 6.20 Å². The lowest BCUT2D eigenvalue weighted by atomic mass is 9.91. The molecule has 3 rings (SSSR count). The van der Waals surface area contributed by atoms with Gasteiger partial charge in [-0.05, 0) is 42.6 Å². The van der Waals surface area contributed by atoms with E-state index < -0.39 is 0 Å². The van der Waals surface area contributed by atoms with Crippen LogP contribution in [0, 0.1) is 6.92 Å². The molecule has 2 heterocycles. The number of nitrogens with zero attached hydrogens (tertiary/aromatic N) is 1. The van der Waals surface area contributed by atoms with Crippen LogP contribution in [0.3, 0.4) is 0 Å². The number of aryl methyl sites for hydroxylation is 1. The number of pyridine rings is 1. The third kappa shape index (κ3) is 2.18. The Kier molecular flexibility index (Phi) is 3.24. The second-order valence-corrected chi connectivity index (χ2v) is 5.14. The number of hydrogen-bond donors (Lipinski definition) is 2. The first kappa shape index (κ1) is 12.8. The summed E-state index contributed by atoms with van der Waals surface area (Å²) in [5.41, 5.74) is 10.4. The number of nitrogen functional groups attached to an aromatic ring is 1. The third-order valence-corrected chi connectivity index (χ3v) is 3.68. The lowest BCUT2D eigenvalue weighted by Gasteiger charge is -2.20. The van der Waals surface area contributed by atoms with Gasteiger partial charge in [-0.1, -0.05) is 18.2 Å². The molecule has 3 N–H and O–H groups in total. The second-order valence-electron chi connectivity index (χ2n) is 5.14. The van der Waals surface area contributed by atoms with Gasteiger partial charge in [0, 0.05) is 18.3 Å². The maximum Gasteiger partial charge on any atom is 0.197 e. The molecular weight excluding hydrogens is 250 g/mol. The average Bonchev–Trinajstić information content (AvgIpc) is 2.48. The molecule has 0 bridgehead atoms. The van der Waals surface area contributed by atoms with Crippen LogP contribution in [0.15, 0.2) is 30.5 Å². The summed E-state index contributed by atoms with van der Waals surface area (Å²) >= 11 is 0. The van der Waals surface area contributed by atoms with E-state index in [0.717, 1.165) is 36.2 Å². The minimum Gasteiger partial charge on any atom is -0.383 e. The van der Waals surface area contributed by atoms with E-state index in [4.69, 9.17) is 5.73 Å². The molecule has 4 nitrogen and oxygen atoms in total. The molecule has 0 radical (unpaired) electrons. The number of benzene rings is 1. The minimum absolute atomic E-state index is 0.0301. The minimum atomic E-state index is -0.0301. The maximum atomic E-state index is 12.8. The quantitative estimate of drug-likeness (QED) is 0.815. The first-order valence-corrected chi connectivity index (χ1v) is 6.75. The Morgan fingerprint density at radius 1 is 1.35 bits per heavy atom. The number of ketones is 1. The molecular formula is C16H17N3O. The lowest BCUT2D eigenvalue weighted by Crippen LogP contribution is -2.25. The number of anilines is 1. The Morgan fingerprint density at radius 3 is 3.05 bits per heavy atom. The number of rotatable bonds is 2. The van der Waals surface area contributed by atoms with Crippen LogP contribution in [0.1, 0.15) is 32.6 Å². The van der Waals surface area contributed by atoms with Gasteiger partial charge in [-0.15, -0.1) is 0 Å². The van der Waals surface area contributed by atoms with Crippen LogP contribution in [0.5, 0.6) is 0 Å². The van der Waals surface area contributed by atoms with Gasteiger partial charge in [-0.2, -0.15) is 0 Å². The van der Waals surface area contributed by atoms with Crippen LogP contribution in [0.25, 0.3) is 0 Å². The fraction of sp³-hybridized carbons (Fsp3) is 0.250. The smallest absolute Gasteiger partial charge is 0.197 e. The van der Waals surface area contributed by atoms with Crippen LogP contribution in [-0.4, -0.2) is 17.3 Å². The predicted octanol–water partition coefficient (Wildman–Crippen LogP) is 1.85. The number of nitrogens with two attached hydrogens (primary N) is 1. The van der Waals surface area contributed by atoms with Crippen molar-refractivity contribution in [3.8, 4) is 0 Å². The Hall–Kier alpha value is -2.20. The van der Waals surface area contributed by atoms with Gasteiger partial charge in [0.2, 0.25) is 0 Å². The number of hydrogen-bond acceptors (Lipinski definition) is 4. The van der Waals surface area contributed by atoms with E-state index in [1.807, 2.05) is 25.1 Å². The molecule has 1 aliphatic rings. The molecule has 0 saturated carbocycles. The summed E-state index contributed by atoms with van der Waals surface area (Å²) in [4.78, 5) is 16.8. The van der Waals surface area contributed by atoms with E-state index in [9.17, 15) is 4.79 Å². The lowest BCUT2D eigenvalue weighted by molar-refractivity contribution is 0.103. The number of aromatic nitrogens is 1. The van der Waals surface area contributed by atoms with Crippen LogP contribution in [0.4, 0.5) is 5.82 Å². The van der Waals surface area contributed by atoms with Gasteiger partial charge in [0.1, 0.15) is 5.82 Å². The first-order chi connectivity index (χ1) is 9.66. The molecule has 20 heavy (non-hydrogen) atoms. The number of fused-ring (bicyclic) bond motifs is 1. The van der Waals surface area contributed by atoms with E-state index in [-0.39, 0.29) is 5.78 Å². The maximum absolute atomic E-state index is 12.8. The van der Waals surface area contributed by atoms with Crippen molar-refractivity contribution in [2.45, 2.75) is 19.9 Å². The molecule has 2 aromatic rings. The van der Waals surface area contributed by atoms with Crippen molar-refractivity contribution in [3.05, 3.63) is 58.3 Å². The Bertz CT molecular complexity index is 679. The Morgan fingerprint density at radius 2 is 2.20 bits per heavy atom. The van der Waals surface area contributed by atoms with Crippen molar-refractivity contribution >= 4 is 11.6 Å². The van der Waals surface area contributed by atoms with E-state index in [1.165, 1.54) is 5.56 Å². The molecule has 0 unspecified atom stereocenters. The molecule has 0 saturated heterocycles. The van der Waals surface area contributed by atoms with Gasteiger partial charge in [-0.25, -0.2) is 4.98 Å². The van der Waals surface area contributed by atoms with Crippen molar-refractivity contribution < 1.29 is 4.79 Å². The fourth-order valence-corrected chi connectivity index (χ4v) is 2.65. The van der Waals surface area contributed by atoms with E-state index in [2.05, 4.69) is 16.4 Å². The summed E-state index contributed by atoms with van der Waals surface area (Å²) < 4.78 is 0. The zero-order valence-corrected chi connectivity index (χ0v) is 11.4. The molecule has 0 fully saturated rings. The molecule has 1 aromatic carbocycles. The van der Waals surface area contributed by atoms with Gasteiger partial charge in [0.15, 0.2) is 5.78 Å². The van der Waals surface area contributed by atoms with Gasteiger partial charge in [0.25, 0.3) is 0 Å². The molecule has 102 valence electrons. The van der Waals surface area contributed by atoms with Crippen molar-refractivity contribution in [2.75, 3.05) is 12.3 Å². The van der Waals surface area contributed by atoms with Gasteiger partial charge >= 0.3 is 0 Å². The van der Waals surface area contributed by atoms with E-state index in [0.29, 0.717) is 11.4 Å². The highest BCUT2D eigenvalue weighted by molar-refractivity contribution is 6.12. The monoisotopic (exact) mass is 267 g/mol. The van der Waals surface area contributed by atoms with Crippen molar-refractivity contribution in [2.24, 2.45) is 0 Å². The van der Waals surface area contributed by atoms with Crippen molar-refractivity contribution in [1.82, 2.24) is 10.3 Å². The molecule has 0 aliphatic carbocycles. The largest absolute Gasteiger partial charge is 0.383 e. The summed E-state index contributed by atoms with van der Waals surface area (Å²) in [6, 6.07) is 7.69. The zero-order valence-electron chi connectivity index (χ0n) is 11.4. The SMILES string of the molecule is Cc1cnc(N)c(C(=O)c2cccc3c2CCNC3)c1. The van der Waals surface area contributed by atoms with Crippen LogP contribution >= 0.6 is 0 Å². The molecule has 4 heteroatoms. The molecule has 0 atom stereocenters. The zero-order chi connectivity index (χ0) is 14.1. The number of nitrogens with one attached hydrogen (secondary N) is 1. The third-order valence-electron chi connectivity index (χ3n) is 3.68. The Labute approximate surface area is 118 Å². The summed E-state index contributed by atoms with van der Waals surface area (Å²) in [7, 11) is 0. The molecule has 1 aliphatic heterocycles. The topological polar surface area (TPSA) is 68.0 Å². The molecule has 1 aromatic heterocycles. The predicted molar refractivity (Wildman–Crippen MR) is 78.7 cm³/mol. The molecule has 0 amide bonds. The van der Waals surface area contributed by atoms with Crippen LogP contribution in [-0.2, 0) is 13.0 Å².